The maximum atomic E-state index is 11.6. The van der Waals surface area contributed by atoms with Crippen molar-refractivity contribution in [1.82, 2.24) is 9.78 Å². The topological polar surface area (TPSA) is 78.9 Å². The minimum Gasteiger partial charge on any atom is -0.476 e. The van der Waals surface area contributed by atoms with Crippen molar-refractivity contribution in [2.24, 2.45) is 0 Å². The van der Waals surface area contributed by atoms with Gasteiger partial charge in [0.1, 0.15) is 0 Å². The van der Waals surface area contributed by atoms with Crippen molar-refractivity contribution in [3.8, 4) is 6.07 Å². The Morgan fingerprint density at radius 3 is 2.71 bits per heavy atom. The summed E-state index contributed by atoms with van der Waals surface area (Å²) < 4.78 is 2.00. The molecule has 2 aliphatic carbocycles. The van der Waals surface area contributed by atoms with Crippen molar-refractivity contribution < 1.29 is 9.90 Å². The average Bonchev–Trinajstić information content (AvgIpc) is 2.89. The Morgan fingerprint density at radius 2 is 2.05 bits per heavy atom. The third-order valence-electron chi connectivity index (χ3n) is 4.89. The Hall–Kier alpha value is -1.83. The van der Waals surface area contributed by atoms with Gasteiger partial charge < -0.3 is 5.11 Å². The monoisotopic (exact) mass is 287 g/mol. The molecule has 2 aliphatic rings. The van der Waals surface area contributed by atoms with Crippen LogP contribution in [0.2, 0.25) is 0 Å². The molecule has 0 saturated heterocycles. The van der Waals surface area contributed by atoms with E-state index in [2.05, 4.69) is 11.2 Å². The van der Waals surface area contributed by atoms with Crippen LogP contribution in [0.3, 0.4) is 0 Å². The normalized spacial score (nSPS) is 22.5. The fourth-order valence-corrected chi connectivity index (χ4v) is 3.92. The third kappa shape index (κ3) is 2.55. The van der Waals surface area contributed by atoms with E-state index in [1.807, 2.05) is 4.68 Å². The standard InChI is InChI=1S/C16H21N3O2/c17-10-9-11-5-4-8-13-14(11)15(16(20)21)18-19(13)12-6-2-1-3-7-12/h11-12H,1-9H2,(H,20,21). The number of carbonyl (C=O) groups is 1. The van der Waals surface area contributed by atoms with Gasteiger partial charge in [-0.15, -0.1) is 0 Å². The fourth-order valence-electron chi connectivity index (χ4n) is 3.92. The lowest BCUT2D eigenvalue weighted by molar-refractivity contribution is 0.0687. The van der Waals surface area contributed by atoms with E-state index in [0.717, 1.165) is 43.4 Å². The number of carboxylic acids is 1. The van der Waals surface area contributed by atoms with Crippen LogP contribution in [0.1, 0.15) is 85.1 Å². The molecule has 1 aromatic rings. The Bertz CT molecular complexity index is 579. The summed E-state index contributed by atoms with van der Waals surface area (Å²) in [6.07, 6.45) is 9.06. The number of hydrogen-bond donors (Lipinski definition) is 1. The summed E-state index contributed by atoms with van der Waals surface area (Å²) in [5.74, 6) is -0.909. The van der Waals surface area contributed by atoms with E-state index in [9.17, 15) is 9.90 Å². The Labute approximate surface area is 124 Å². The summed E-state index contributed by atoms with van der Waals surface area (Å²) in [6, 6.07) is 2.55. The molecule has 0 spiro atoms. The molecule has 3 rings (SSSR count). The molecule has 1 unspecified atom stereocenters. The summed E-state index contributed by atoms with van der Waals surface area (Å²) >= 11 is 0. The number of carboxylic acid groups (broad SMARTS) is 1. The lowest BCUT2D eigenvalue weighted by atomic mass is 9.83. The van der Waals surface area contributed by atoms with Gasteiger partial charge in [0.15, 0.2) is 5.69 Å². The molecule has 112 valence electrons. The molecule has 1 fully saturated rings. The highest BCUT2D eigenvalue weighted by atomic mass is 16.4. The van der Waals surface area contributed by atoms with Crippen LogP contribution in [-0.4, -0.2) is 20.9 Å². The van der Waals surface area contributed by atoms with E-state index in [0.29, 0.717) is 12.5 Å². The Morgan fingerprint density at radius 1 is 1.29 bits per heavy atom. The largest absolute Gasteiger partial charge is 0.476 e. The zero-order valence-corrected chi connectivity index (χ0v) is 12.2. The minimum atomic E-state index is -0.953. The van der Waals surface area contributed by atoms with Crippen LogP contribution >= 0.6 is 0 Å². The summed E-state index contributed by atoms with van der Waals surface area (Å²) in [4.78, 5) is 11.6. The zero-order chi connectivity index (χ0) is 14.8. The molecular formula is C16H21N3O2. The number of hydrogen-bond acceptors (Lipinski definition) is 3. The Balaban J connectivity index is 2.04. The second kappa shape index (κ2) is 5.88. The van der Waals surface area contributed by atoms with E-state index in [1.165, 1.54) is 19.3 Å². The molecule has 5 nitrogen and oxygen atoms in total. The highest BCUT2D eigenvalue weighted by Gasteiger charge is 2.33. The highest BCUT2D eigenvalue weighted by molar-refractivity contribution is 5.87. The molecule has 1 atom stereocenters. The van der Waals surface area contributed by atoms with Gasteiger partial charge >= 0.3 is 5.97 Å². The lowest BCUT2D eigenvalue weighted by Gasteiger charge is -2.27. The molecule has 21 heavy (non-hydrogen) atoms. The van der Waals surface area contributed by atoms with Crippen LogP contribution in [0.15, 0.2) is 0 Å². The lowest BCUT2D eigenvalue weighted by Crippen LogP contribution is -2.19. The van der Waals surface area contributed by atoms with Gasteiger partial charge in [0.2, 0.25) is 0 Å². The fraction of sp³-hybridized carbons (Fsp3) is 0.688. The van der Waals surface area contributed by atoms with E-state index in [-0.39, 0.29) is 11.6 Å². The minimum absolute atomic E-state index is 0.0437. The number of aromatic nitrogens is 2. The van der Waals surface area contributed by atoms with Crippen LogP contribution in [-0.2, 0) is 6.42 Å². The number of nitrogens with zero attached hydrogens (tertiary/aromatic N) is 3. The average molecular weight is 287 g/mol. The van der Waals surface area contributed by atoms with E-state index >= 15 is 0 Å². The molecule has 1 N–H and O–H groups in total. The van der Waals surface area contributed by atoms with Gasteiger partial charge in [-0.1, -0.05) is 19.3 Å². The molecule has 1 heterocycles. The van der Waals surface area contributed by atoms with Gasteiger partial charge in [-0.25, -0.2) is 4.79 Å². The summed E-state index contributed by atoms with van der Waals surface area (Å²) in [5, 5.41) is 22.9. The number of aromatic carboxylic acids is 1. The first kappa shape index (κ1) is 14.1. The Kier molecular flexibility index (Phi) is 3.96. The van der Waals surface area contributed by atoms with Gasteiger partial charge in [-0.3, -0.25) is 4.68 Å². The molecule has 1 saturated carbocycles. The zero-order valence-electron chi connectivity index (χ0n) is 12.2. The van der Waals surface area contributed by atoms with Crippen LogP contribution in [0.25, 0.3) is 0 Å². The van der Waals surface area contributed by atoms with Gasteiger partial charge in [-0.05, 0) is 32.1 Å². The van der Waals surface area contributed by atoms with Crippen LogP contribution < -0.4 is 0 Å². The first-order chi connectivity index (χ1) is 10.2. The van der Waals surface area contributed by atoms with Crippen molar-refractivity contribution in [3.63, 3.8) is 0 Å². The molecular weight excluding hydrogens is 266 g/mol. The predicted octanol–water partition coefficient (Wildman–Crippen LogP) is 3.42. The van der Waals surface area contributed by atoms with Crippen LogP contribution in [0.4, 0.5) is 0 Å². The molecule has 0 amide bonds. The molecule has 0 aliphatic heterocycles. The van der Waals surface area contributed by atoms with Crippen LogP contribution in [0, 0.1) is 11.3 Å². The maximum absolute atomic E-state index is 11.6. The smallest absolute Gasteiger partial charge is 0.356 e. The molecule has 0 bridgehead atoms. The van der Waals surface area contributed by atoms with E-state index in [4.69, 9.17) is 5.26 Å². The SMILES string of the molecule is N#CCC1CCCc2c1c(C(=O)O)nn2C1CCCCC1. The predicted molar refractivity (Wildman–Crippen MR) is 77.2 cm³/mol. The molecule has 0 aromatic carbocycles. The van der Waals surface area contributed by atoms with Crippen molar-refractivity contribution in [1.29, 1.82) is 5.26 Å². The van der Waals surface area contributed by atoms with E-state index < -0.39 is 5.97 Å². The van der Waals surface area contributed by atoms with Crippen molar-refractivity contribution in [2.45, 2.75) is 69.7 Å². The number of nitriles is 1. The molecule has 0 radical (unpaired) electrons. The molecule has 1 aromatic heterocycles. The van der Waals surface area contributed by atoms with Crippen LogP contribution in [0.5, 0.6) is 0 Å². The highest BCUT2D eigenvalue weighted by Crippen LogP contribution is 2.39. The second-order valence-electron chi connectivity index (χ2n) is 6.20. The summed E-state index contributed by atoms with van der Waals surface area (Å²) in [5.41, 5.74) is 2.13. The number of fused-ring (bicyclic) bond motifs is 1. The van der Waals surface area contributed by atoms with Crippen molar-refractivity contribution >= 4 is 5.97 Å². The van der Waals surface area contributed by atoms with Crippen molar-refractivity contribution in [2.75, 3.05) is 0 Å². The number of rotatable bonds is 3. The van der Waals surface area contributed by atoms with E-state index in [1.54, 1.807) is 0 Å². The second-order valence-corrected chi connectivity index (χ2v) is 6.20. The van der Waals surface area contributed by atoms with Gasteiger partial charge in [0.05, 0.1) is 12.1 Å². The van der Waals surface area contributed by atoms with Gasteiger partial charge in [0.25, 0.3) is 0 Å². The first-order valence-electron chi connectivity index (χ1n) is 7.94. The summed E-state index contributed by atoms with van der Waals surface area (Å²) in [7, 11) is 0. The first-order valence-corrected chi connectivity index (χ1v) is 7.94. The molecule has 5 heteroatoms. The quantitative estimate of drug-likeness (QED) is 0.923. The van der Waals surface area contributed by atoms with Crippen molar-refractivity contribution in [3.05, 3.63) is 17.0 Å². The third-order valence-corrected chi connectivity index (χ3v) is 4.89. The maximum Gasteiger partial charge on any atom is 0.356 e. The van der Waals surface area contributed by atoms with Gasteiger partial charge in [-0.2, -0.15) is 10.4 Å². The van der Waals surface area contributed by atoms with Gasteiger partial charge in [0, 0.05) is 23.6 Å². The summed E-state index contributed by atoms with van der Waals surface area (Å²) in [6.45, 7) is 0.